The van der Waals surface area contributed by atoms with Gasteiger partial charge in [0.05, 0.1) is 18.5 Å². The van der Waals surface area contributed by atoms with Gasteiger partial charge in [0, 0.05) is 54.4 Å². The molecule has 5 atom stereocenters. The molecule has 2 aliphatic carbocycles. The number of aliphatic hydroxyl groups excluding tert-OH is 5. The lowest BCUT2D eigenvalue weighted by Crippen LogP contribution is -2.53. The summed E-state index contributed by atoms with van der Waals surface area (Å²) in [5, 5.41) is 54.1. The zero-order chi connectivity index (χ0) is 38.3. The maximum Gasteiger partial charge on any atom is 0.254 e. The van der Waals surface area contributed by atoms with Crippen molar-refractivity contribution in [1.82, 2.24) is 15.2 Å². The summed E-state index contributed by atoms with van der Waals surface area (Å²) in [6.45, 7) is 1.87. The van der Waals surface area contributed by atoms with Gasteiger partial charge in [0.25, 0.3) is 5.91 Å². The molecule has 1 amide bonds. The van der Waals surface area contributed by atoms with Gasteiger partial charge in [-0.1, -0.05) is 48.9 Å². The summed E-state index contributed by atoms with van der Waals surface area (Å²) in [6.07, 6.45) is 2.57. The van der Waals surface area contributed by atoms with E-state index in [9.17, 15) is 33.6 Å². The van der Waals surface area contributed by atoms with E-state index in [2.05, 4.69) is 35.4 Å². The average molecular weight is 774 g/mol. The number of rotatable bonds is 21. The summed E-state index contributed by atoms with van der Waals surface area (Å²) in [5.74, 6) is -0.147. The van der Waals surface area contributed by atoms with E-state index in [0.717, 1.165) is 65.5 Å². The molecule has 0 aliphatic heterocycles. The second kappa shape index (κ2) is 18.0. The Hall–Kier alpha value is -3.14. The summed E-state index contributed by atoms with van der Waals surface area (Å²) in [6, 6.07) is 16.1. The number of pyridine rings is 1. The van der Waals surface area contributed by atoms with Crippen LogP contribution in [0.5, 0.6) is 5.75 Å². The molecule has 2 saturated carbocycles. The van der Waals surface area contributed by atoms with Gasteiger partial charge in [-0.15, -0.1) is 0 Å². The zero-order valence-corrected chi connectivity index (χ0v) is 31.8. The molecule has 2 aromatic carbocycles. The van der Waals surface area contributed by atoms with E-state index in [1.165, 1.54) is 4.90 Å². The largest absolute Gasteiger partial charge is 0.490 e. The Morgan fingerprint density at radius 1 is 1.04 bits per heavy atom. The Balaban J connectivity index is 1.23. The summed E-state index contributed by atoms with van der Waals surface area (Å²) in [4.78, 5) is 18.9. The van der Waals surface area contributed by atoms with Crippen molar-refractivity contribution in [2.24, 2.45) is 0 Å². The molecule has 53 heavy (non-hydrogen) atoms. The molecular formula is C39H52ClN3O9S. The number of nitrogens with zero attached hydrogens (tertiary/aromatic N) is 2. The van der Waals surface area contributed by atoms with Gasteiger partial charge in [-0.25, -0.2) is 8.42 Å². The van der Waals surface area contributed by atoms with Crippen LogP contribution in [0.4, 0.5) is 0 Å². The van der Waals surface area contributed by atoms with Gasteiger partial charge in [-0.05, 0) is 91.3 Å². The van der Waals surface area contributed by atoms with Crippen molar-refractivity contribution in [2.45, 2.75) is 100 Å². The van der Waals surface area contributed by atoms with E-state index in [4.69, 9.17) is 21.4 Å². The van der Waals surface area contributed by atoms with E-state index in [0.29, 0.717) is 24.4 Å². The van der Waals surface area contributed by atoms with Gasteiger partial charge in [0.2, 0.25) is 0 Å². The number of hydrogen-bond donors (Lipinski definition) is 6. The molecule has 12 nitrogen and oxygen atoms in total. The van der Waals surface area contributed by atoms with Gasteiger partial charge in [0.1, 0.15) is 33.9 Å². The second-order valence-corrected chi connectivity index (χ2v) is 17.2. The Bertz CT molecular complexity index is 1800. The molecule has 2 aliphatic rings. The number of halogens is 1. The van der Waals surface area contributed by atoms with Gasteiger partial charge < -0.3 is 40.5 Å². The molecule has 2 fully saturated rings. The highest BCUT2D eigenvalue weighted by atomic mass is 35.5. The molecule has 0 radical (unpaired) electrons. The summed E-state index contributed by atoms with van der Waals surface area (Å²) >= 11 is 6.72. The predicted molar refractivity (Wildman–Crippen MR) is 202 cm³/mol. The smallest absolute Gasteiger partial charge is 0.254 e. The number of ether oxygens (including phenoxy) is 1. The molecule has 5 rings (SSSR count). The summed E-state index contributed by atoms with van der Waals surface area (Å²) < 4.78 is 29.7. The van der Waals surface area contributed by atoms with Crippen molar-refractivity contribution in [2.75, 3.05) is 31.7 Å². The van der Waals surface area contributed by atoms with Crippen LogP contribution < -0.4 is 10.1 Å². The fourth-order valence-corrected chi connectivity index (χ4v) is 7.43. The first-order chi connectivity index (χ1) is 25.2. The van der Waals surface area contributed by atoms with Gasteiger partial charge in [-0.2, -0.15) is 0 Å². The molecule has 290 valence electrons. The lowest BCUT2D eigenvalue weighted by atomic mass is 9.93. The SMILES string of the molecule is CC(CCCN(CCCS(C)(=O)=O)C(=O)[C@@H](O)[C@@H](O)[C@H](O)[C@@H](O)CO)c1ccc(Cl)c(CNC2(c3cnccc3-c3ccccc3OC3CC3)CC2)c1. The van der Waals surface area contributed by atoms with E-state index in [1.807, 2.05) is 42.7 Å². The van der Waals surface area contributed by atoms with Crippen LogP contribution in [-0.2, 0) is 26.7 Å². The highest BCUT2D eigenvalue weighted by Gasteiger charge is 2.46. The number of aliphatic hydroxyl groups is 5. The van der Waals surface area contributed by atoms with Gasteiger partial charge in [0.15, 0.2) is 6.10 Å². The van der Waals surface area contributed by atoms with Gasteiger partial charge >= 0.3 is 0 Å². The highest BCUT2D eigenvalue weighted by Crippen LogP contribution is 2.50. The molecule has 6 N–H and O–H groups in total. The number of nitrogens with one attached hydrogen (secondary N) is 1. The summed E-state index contributed by atoms with van der Waals surface area (Å²) in [7, 11) is -3.31. The van der Waals surface area contributed by atoms with Crippen molar-refractivity contribution in [1.29, 1.82) is 0 Å². The Labute approximate surface area is 316 Å². The number of carbonyl (C=O) groups excluding carboxylic acids is 1. The molecular weight excluding hydrogens is 722 g/mol. The standard InChI is InChI=1S/C39H52ClN3O9S/c1-25(7-5-18-43(19-6-20-53(2,50)51)38(49)37(48)36(47)35(46)33(45)24-44)26-10-13-32(40)27(21-26)22-42-39(15-16-39)31-23-41-17-14-29(31)30-8-3-4-9-34(30)52-28-11-12-28/h3-4,8-10,13-14,17,21,23,25,28,33,35-37,42,44-48H,5-7,11-12,15-16,18-20,22,24H2,1-2H3/t25?,33-,35+,36-,37-/m0/s1. The minimum Gasteiger partial charge on any atom is -0.490 e. The molecule has 14 heteroatoms. The third kappa shape index (κ3) is 11.0. The molecule has 0 spiro atoms. The van der Waals surface area contributed by atoms with E-state index < -0.39 is 46.8 Å². The van der Waals surface area contributed by atoms with Crippen LogP contribution in [0.3, 0.4) is 0 Å². The molecule has 0 saturated heterocycles. The lowest BCUT2D eigenvalue weighted by molar-refractivity contribution is -0.158. The first-order valence-corrected chi connectivity index (χ1v) is 20.7. The van der Waals surface area contributed by atoms with Gasteiger partial charge in [-0.3, -0.25) is 9.78 Å². The number of amides is 1. The van der Waals surface area contributed by atoms with E-state index in [1.54, 1.807) is 0 Å². The normalized spacial score (nSPS) is 18.1. The third-order valence-electron chi connectivity index (χ3n) is 10.2. The monoisotopic (exact) mass is 773 g/mol. The number of sulfone groups is 1. The number of para-hydroxylation sites is 1. The number of aromatic nitrogens is 1. The minimum absolute atomic E-state index is 0.000990. The molecule has 0 bridgehead atoms. The maximum absolute atomic E-state index is 13.2. The molecule has 1 unspecified atom stereocenters. The summed E-state index contributed by atoms with van der Waals surface area (Å²) in [5.41, 5.74) is 5.02. The van der Waals surface area contributed by atoms with E-state index >= 15 is 0 Å². The van der Waals surface area contributed by atoms with Crippen LogP contribution in [0.25, 0.3) is 11.1 Å². The molecule has 3 aromatic rings. The van der Waals surface area contributed by atoms with Crippen LogP contribution >= 0.6 is 11.6 Å². The minimum atomic E-state index is -3.31. The van der Waals surface area contributed by atoms with Crippen LogP contribution in [0.15, 0.2) is 60.9 Å². The lowest BCUT2D eigenvalue weighted by Gasteiger charge is -2.30. The highest BCUT2D eigenvalue weighted by molar-refractivity contribution is 7.90. The second-order valence-electron chi connectivity index (χ2n) is 14.5. The van der Waals surface area contributed by atoms with Crippen molar-refractivity contribution in [3.05, 3.63) is 82.6 Å². The fraction of sp³-hybridized carbons (Fsp3) is 0.538. The Morgan fingerprint density at radius 3 is 2.43 bits per heavy atom. The van der Waals surface area contributed by atoms with Crippen molar-refractivity contribution in [3.8, 4) is 16.9 Å². The quantitative estimate of drug-likeness (QED) is 0.0932. The fourth-order valence-electron chi connectivity index (χ4n) is 6.60. The van der Waals surface area contributed by atoms with Crippen LogP contribution in [0.2, 0.25) is 5.02 Å². The zero-order valence-electron chi connectivity index (χ0n) is 30.3. The number of benzene rings is 2. The first-order valence-electron chi connectivity index (χ1n) is 18.3. The molecule has 1 heterocycles. The average Bonchev–Trinajstić information content (AvgIpc) is 4.09. The topological polar surface area (TPSA) is 190 Å². The Morgan fingerprint density at radius 2 is 1.75 bits per heavy atom. The van der Waals surface area contributed by atoms with Crippen LogP contribution in [0, 0.1) is 0 Å². The number of hydrogen-bond acceptors (Lipinski definition) is 11. The first kappa shape index (κ1) is 41.0. The predicted octanol–water partition coefficient (Wildman–Crippen LogP) is 3.31. The van der Waals surface area contributed by atoms with Crippen LogP contribution in [0.1, 0.15) is 74.5 Å². The van der Waals surface area contributed by atoms with Crippen LogP contribution in [-0.4, -0.2) is 112 Å². The van der Waals surface area contributed by atoms with Crippen molar-refractivity contribution < 1.29 is 43.5 Å². The maximum atomic E-state index is 13.2. The third-order valence-corrected chi connectivity index (χ3v) is 11.6. The van der Waals surface area contributed by atoms with Crippen molar-refractivity contribution >= 4 is 27.3 Å². The Kier molecular flexibility index (Phi) is 13.9. The van der Waals surface area contributed by atoms with Crippen molar-refractivity contribution in [3.63, 3.8) is 0 Å². The molecule has 1 aromatic heterocycles. The number of carbonyl (C=O) groups is 1. The van der Waals surface area contributed by atoms with E-state index in [-0.39, 0.29) is 42.8 Å².